The highest BCUT2D eigenvalue weighted by atomic mass is 127. The first kappa shape index (κ1) is 19.6. The fraction of sp³-hybridized carbons (Fsp3) is 0.714. The number of guanidine groups is 1. The van der Waals surface area contributed by atoms with Crippen LogP contribution in [0.15, 0.2) is 4.99 Å². The van der Waals surface area contributed by atoms with E-state index in [0.29, 0.717) is 0 Å². The van der Waals surface area contributed by atoms with Crippen molar-refractivity contribution in [1.29, 1.82) is 0 Å². The van der Waals surface area contributed by atoms with Crippen LogP contribution in [0.3, 0.4) is 0 Å². The molecule has 0 aliphatic heterocycles. The molecule has 1 rings (SSSR count). The average molecular weight is 410 g/mol. The van der Waals surface area contributed by atoms with Crippen molar-refractivity contribution in [2.45, 2.75) is 46.5 Å². The van der Waals surface area contributed by atoms with Crippen molar-refractivity contribution in [2.75, 3.05) is 20.1 Å². The number of aryl methyl sites for hydroxylation is 2. The van der Waals surface area contributed by atoms with Crippen molar-refractivity contribution in [3.05, 3.63) is 15.6 Å². The van der Waals surface area contributed by atoms with Crippen molar-refractivity contribution < 1.29 is 0 Å². The molecule has 0 saturated carbocycles. The molecule has 0 spiro atoms. The second kappa shape index (κ2) is 11.3. The molecular formula is C14H27IN4S. The smallest absolute Gasteiger partial charge is 0.190 e. The summed E-state index contributed by atoms with van der Waals surface area (Å²) in [5.74, 6) is 0.887. The number of nitrogens with zero attached hydrogens (tertiary/aromatic N) is 2. The van der Waals surface area contributed by atoms with Crippen molar-refractivity contribution in [3.63, 3.8) is 0 Å². The van der Waals surface area contributed by atoms with Gasteiger partial charge in [-0.15, -0.1) is 35.3 Å². The third kappa shape index (κ3) is 6.88. The van der Waals surface area contributed by atoms with Gasteiger partial charge >= 0.3 is 0 Å². The summed E-state index contributed by atoms with van der Waals surface area (Å²) in [6.07, 6.45) is 4.35. The van der Waals surface area contributed by atoms with E-state index in [1.165, 1.54) is 28.4 Å². The summed E-state index contributed by atoms with van der Waals surface area (Å²) in [6, 6.07) is 0. The number of rotatable bonds is 7. The van der Waals surface area contributed by atoms with Crippen LogP contribution >= 0.6 is 35.3 Å². The molecule has 1 aromatic rings. The van der Waals surface area contributed by atoms with E-state index < -0.39 is 0 Å². The number of halogens is 1. The molecule has 116 valence electrons. The molecule has 2 N–H and O–H groups in total. The number of aliphatic imine (C=N–C) groups is 1. The van der Waals surface area contributed by atoms with Crippen LogP contribution < -0.4 is 10.6 Å². The highest BCUT2D eigenvalue weighted by molar-refractivity contribution is 14.0. The number of aromatic nitrogens is 1. The summed E-state index contributed by atoms with van der Waals surface area (Å²) in [4.78, 5) is 10.2. The Labute approximate surface area is 143 Å². The second-order valence-electron chi connectivity index (χ2n) is 4.49. The van der Waals surface area contributed by atoms with Crippen molar-refractivity contribution in [1.82, 2.24) is 15.6 Å². The number of nitrogens with one attached hydrogen (secondary N) is 2. The SMILES string of the molecule is CCCCNC(=NC)NCCc1nc(CC)c(C)s1.I. The Bertz CT molecular complexity index is 404. The summed E-state index contributed by atoms with van der Waals surface area (Å²) < 4.78 is 0. The molecule has 0 saturated heterocycles. The van der Waals surface area contributed by atoms with Crippen LogP contribution in [0.4, 0.5) is 0 Å². The summed E-state index contributed by atoms with van der Waals surface area (Å²) >= 11 is 1.81. The van der Waals surface area contributed by atoms with Gasteiger partial charge in [-0.3, -0.25) is 4.99 Å². The summed E-state index contributed by atoms with van der Waals surface area (Å²) in [5.41, 5.74) is 1.24. The maximum absolute atomic E-state index is 4.64. The van der Waals surface area contributed by atoms with Gasteiger partial charge in [0.15, 0.2) is 5.96 Å². The second-order valence-corrected chi connectivity index (χ2v) is 5.78. The van der Waals surface area contributed by atoms with E-state index in [4.69, 9.17) is 0 Å². The zero-order valence-electron chi connectivity index (χ0n) is 13.0. The maximum atomic E-state index is 4.64. The number of hydrogen-bond donors (Lipinski definition) is 2. The minimum atomic E-state index is 0. The minimum Gasteiger partial charge on any atom is -0.356 e. The number of thiazole rings is 1. The molecule has 20 heavy (non-hydrogen) atoms. The van der Waals surface area contributed by atoms with E-state index in [9.17, 15) is 0 Å². The van der Waals surface area contributed by atoms with E-state index in [1.807, 2.05) is 18.4 Å². The van der Waals surface area contributed by atoms with Gasteiger partial charge in [0.1, 0.15) is 0 Å². The van der Waals surface area contributed by atoms with Gasteiger partial charge in [-0.25, -0.2) is 4.98 Å². The summed E-state index contributed by atoms with van der Waals surface area (Å²) in [6.45, 7) is 8.35. The largest absolute Gasteiger partial charge is 0.356 e. The molecule has 1 aromatic heterocycles. The standard InChI is InChI=1S/C14H26N4S.HI/c1-5-7-9-16-14(15-4)17-10-8-13-18-12(6-2)11(3)19-13;/h5-10H2,1-4H3,(H2,15,16,17);1H. The fourth-order valence-corrected chi connectivity index (χ4v) is 2.84. The van der Waals surface area contributed by atoms with E-state index in [0.717, 1.165) is 31.9 Å². The third-order valence-corrected chi connectivity index (χ3v) is 4.02. The zero-order valence-corrected chi connectivity index (χ0v) is 16.1. The molecule has 0 fully saturated rings. The molecule has 0 radical (unpaired) electrons. The lowest BCUT2D eigenvalue weighted by Crippen LogP contribution is -2.38. The Morgan fingerprint density at radius 3 is 2.50 bits per heavy atom. The van der Waals surface area contributed by atoms with Gasteiger partial charge in [-0.05, 0) is 19.8 Å². The first-order valence-corrected chi connectivity index (χ1v) is 7.92. The number of hydrogen-bond acceptors (Lipinski definition) is 3. The molecule has 0 amide bonds. The molecule has 0 atom stereocenters. The molecule has 6 heteroatoms. The van der Waals surface area contributed by atoms with Crippen LogP contribution in [0.25, 0.3) is 0 Å². The highest BCUT2D eigenvalue weighted by Crippen LogP contribution is 2.17. The quantitative estimate of drug-likeness (QED) is 0.314. The Hall–Kier alpha value is -0.370. The average Bonchev–Trinajstić information content (AvgIpc) is 2.77. The van der Waals surface area contributed by atoms with Crippen LogP contribution in [0.5, 0.6) is 0 Å². The molecule has 0 aromatic carbocycles. The molecule has 1 heterocycles. The zero-order chi connectivity index (χ0) is 14.1. The minimum absolute atomic E-state index is 0. The lowest BCUT2D eigenvalue weighted by Gasteiger charge is -2.10. The van der Waals surface area contributed by atoms with Gasteiger partial charge in [0, 0.05) is 31.4 Å². The molecule has 0 aliphatic rings. The topological polar surface area (TPSA) is 49.3 Å². The van der Waals surface area contributed by atoms with Gasteiger partial charge in [0.2, 0.25) is 0 Å². The summed E-state index contributed by atoms with van der Waals surface area (Å²) in [7, 11) is 1.81. The third-order valence-electron chi connectivity index (χ3n) is 2.95. The van der Waals surface area contributed by atoms with E-state index in [2.05, 4.69) is 41.4 Å². The van der Waals surface area contributed by atoms with Crippen LogP contribution in [0.2, 0.25) is 0 Å². The van der Waals surface area contributed by atoms with Gasteiger partial charge in [0.25, 0.3) is 0 Å². The normalized spacial score (nSPS) is 11.1. The van der Waals surface area contributed by atoms with Crippen LogP contribution in [0.1, 0.15) is 42.3 Å². The van der Waals surface area contributed by atoms with Crippen molar-refractivity contribution in [3.8, 4) is 0 Å². The van der Waals surface area contributed by atoms with Crippen LogP contribution in [0, 0.1) is 6.92 Å². The predicted octanol–water partition coefficient (Wildman–Crippen LogP) is 3.14. The van der Waals surface area contributed by atoms with Gasteiger partial charge in [-0.1, -0.05) is 20.3 Å². The lowest BCUT2D eigenvalue weighted by molar-refractivity contribution is 0.726. The first-order valence-electron chi connectivity index (χ1n) is 7.10. The fourth-order valence-electron chi connectivity index (χ4n) is 1.81. The van der Waals surface area contributed by atoms with Crippen LogP contribution in [-0.2, 0) is 12.8 Å². The Morgan fingerprint density at radius 2 is 1.95 bits per heavy atom. The lowest BCUT2D eigenvalue weighted by atomic mass is 10.3. The van der Waals surface area contributed by atoms with Gasteiger partial charge < -0.3 is 10.6 Å². The maximum Gasteiger partial charge on any atom is 0.190 e. The molecule has 0 aliphatic carbocycles. The summed E-state index contributed by atoms with van der Waals surface area (Å²) in [5, 5.41) is 7.85. The highest BCUT2D eigenvalue weighted by Gasteiger charge is 2.05. The molecule has 0 unspecified atom stereocenters. The van der Waals surface area contributed by atoms with Gasteiger partial charge in [-0.2, -0.15) is 0 Å². The monoisotopic (exact) mass is 410 g/mol. The molecular weight excluding hydrogens is 383 g/mol. The van der Waals surface area contributed by atoms with Crippen LogP contribution in [-0.4, -0.2) is 31.1 Å². The molecule has 4 nitrogen and oxygen atoms in total. The van der Waals surface area contributed by atoms with Crippen molar-refractivity contribution in [2.24, 2.45) is 4.99 Å². The Kier molecular flexibility index (Phi) is 11.1. The Morgan fingerprint density at radius 1 is 1.25 bits per heavy atom. The van der Waals surface area contributed by atoms with E-state index in [-0.39, 0.29) is 24.0 Å². The predicted molar refractivity (Wildman–Crippen MR) is 99.6 cm³/mol. The van der Waals surface area contributed by atoms with Gasteiger partial charge in [0.05, 0.1) is 10.7 Å². The van der Waals surface area contributed by atoms with Crippen molar-refractivity contribution >= 4 is 41.3 Å². The number of unbranched alkanes of at least 4 members (excludes halogenated alkanes) is 1. The Balaban J connectivity index is 0.00000361. The van der Waals surface area contributed by atoms with E-state index in [1.54, 1.807) is 0 Å². The molecule has 0 bridgehead atoms. The first-order chi connectivity index (χ1) is 9.21. The van der Waals surface area contributed by atoms with E-state index >= 15 is 0 Å².